The number of carbonyl (C=O) groups is 1. The summed E-state index contributed by atoms with van der Waals surface area (Å²) in [6.45, 7) is 2.33. The molecule has 0 aromatic heterocycles. The molecule has 1 N–H and O–H groups in total. The molecular weight excluding hydrogens is 445 g/mol. The normalized spacial score (nSPS) is 19.6. The fourth-order valence-electron chi connectivity index (χ4n) is 3.73. The maximum atomic E-state index is 13.4. The summed E-state index contributed by atoms with van der Waals surface area (Å²) in [5.41, 5.74) is -0.146. The van der Waals surface area contributed by atoms with Crippen LogP contribution in [0.2, 0.25) is 10.0 Å². The van der Waals surface area contributed by atoms with Crippen molar-refractivity contribution in [2.45, 2.75) is 18.6 Å². The minimum atomic E-state index is -1.15. The number of methoxy groups -OCH3 is 3. The highest BCUT2D eigenvalue weighted by Crippen LogP contribution is 2.40. The number of halogens is 2. The summed E-state index contributed by atoms with van der Waals surface area (Å²) in [7, 11) is 4.48. The Bertz CT molecular complexity index is 942. The Labute approximate surface area is 191 Å². The molecule has 2 aromatic rings. The number of amides is 1. The van der Waals surface area contributed by atoms with Crippen LogP contribution in [0.5, 0.6) is 17.2 Å². The van der Waals surface area contributed by atoms with Crippen molar-refractivity contribution < 1.29 is 28.8 Å². The van der Waals surface area contributed by atoms with Gasteiger partial charge in [0.05, 0.1) is 50.6 Å². The summed E-state index contributed by atoms with van der Waals surface area (Å²) in [4.78, 5) is 15.0. The van der Waals surface area contributed by atoms with Crippen molar-refractivity contribution in [1.82, 2.24) is 4.90 Å². The van der Waals surface area contributed by atoms with E-state index in [-0.39, 0.29) is 19.1 Å². The molecule has 1 aliphatic heterocycles. The summed E-state index contributed by atoms with van der Waals surface area (Å²) >= 11 is 12.3. The van der Waals surface area contributed by atoms with E-state index >= 15 is 0 Å². The molecule has 31 heavy (non-hydrogen) atoms. The van der Waals surface area contributed by atoms with E-state index in [9.17, 15) is 9.90 Å². The lowest BCUT2D eigenvalue weighted by atomic mass is 9.86. The standard InChI is InChI=1S/C22H25Cl2NO6/c1-13(26)22(15-5-6-16(23)17(24)11-15)12-25(7-8-31-22)21(27)14-9-18(28-2)20(30-4)19(10-14)29-3/h5-6,9-11,13,26H,7-8,12H2,1-4H3/t13?,22-/m1/s1. The molecule has 1 amide bonds. The summed E-state index contributed by atoms with van der Waals surface area (Å²) in [5, 5.41) is 11.4. The van der Waals surface area contributed by atoms with Crippen molar-refractivity contribution in [3.8, 4) is 17.2 Å². The molecule has 0 saturated carbocycles. The largest absolute Gasteiger partial charge is 0.493 e. The molecule has 1 heterocycles. The maximum absolute atomic E-state index is 13.4. The summed E-state index contributed by atoms with van der Waals surface area (Å²) in [6, 6.07) is 8.25. The predicted molar refractivity (Wildman–Crippen MR) is 118 cm³/mol. The average molecular weight is 470 g/mol. The monoisotopic (exact) mass is 469 g/mol. The predicted octanol–water partition coefficient (Wildman–Crippen LogP) is 3.77. The summed E-state index contributed by atoms with van der Waals surface area (Å²) < 4.78 is 22.1. The molecule has 0 bridgehead atoms. The van der Waals surface area contributed by atoms with Crippen LogP contribution in [0.1, 0.15) is 22.8 Å². The van der Waals surface area contributed by atoms with Gasteiger partial charge >= 0.3 is 0 Å². The average Bonchev–Trinajstić information content (AvgIpc) is 2.79. The molecule has 9 heteroatoms. The van der Waals surface area contributed by atoms with E-state index in [1.807, 2.05) is 0 Å². The fraction of sp³-hybridized carbons (Fsp3) is 0.409. The number of ether oxygens (including phenoxy) is 4. The first kappa shape index (κ1) is 23.5. The molecule has 2 atom stereocenters. The maximum Gasteiger partial charge on any atom is 0.254 e. The highest BCUT2D eigenvalue weighted by atomic mass is 35.5. The minimum Gasteiger partial charge on any atom is -0.493 e. The van der Waals surface area contributed by atoms with E-state index < -0.39 is 11.7 Å². The summed E-state index contributed by atoms with van der Waals surface area (Å²) in [5.74, 6) is 0.903. The molecule has 1 unspecified atom stereocenters. The smallest absolute Gasteiger partial charge is 0.254 e. The van der Waals surface area contributed by atoms with Crippen LogP contribution in [0.25, 0.3) is 0 Å². The third-order valence-electron chi connectivity index (χ3n) is 5.43. The molecule has 0 spiro atoms. The van der Waals surface area contributed by atoms with Gasteiger partial charge in [0, 0.05) is 12.1 Å². The van der Waals surface area contributed by atoms with Crippen LogP contribution in [0, 0.1) is 0 Å². The van der Waals surface area contributed by atoms with Gasteiger partial charge in [0.2, 0.25) is 5.75 Å². The molecule has 1 saturated heterocycles. The van der Waals surface area contributed by atoms with E-state index in [0.29, 0.717) is 45.0 Å². The van der Waals surface area contributed by atoms with Gasteiger partial charge in [-0.3, -0.25) is 4.79 Å². The zero-order valence-corrected chi connectivity index (χ0v) is 19.3. The zero-order chi connectivity index (χ0) is 22.8. The lowest BCUT2D eigenvalue weighted by Gasteiger charge is -2.45. The molecule has 1 fully saturated rings. The highest BCUT2D eigenvalue weighted by molar-refractivity contribution is 6.42. The number of nitrogens with zero attached hydrogens (tertiary/aromatic N) is 1. The highest BCUT2D eigenvalue weighted by Gasteiger charge is 2.44. The van der Waals surface area contributed by atoms with Crippen LogP contribution >= 0.6 is 23.2 Å². The number of carbonyl (C=O) groups excluding carboxylic acids is 1. The zero-order valence-electron chi connectivity index (χ0n) is 17.8. The van der Waals surface area contributed by atoms with Crippen LogP contribution in [0.3, 0.4) is 0 Å². The van der Waals surface area contributed by atoms with Gasteiger partial charge in [-0.25, -0.2) is 0 Å². The third kappa shape index (κ3) is 4.41. The molecule has 0 aliphatic carbocycles. The number of benzene rings is 2. The number of aliphatic hydroxyl groups excluding tert-OH is 1. The lowest BCUT2D eigenvalue weighted by Crippen LogP contribution is -2.56. The van der Waals surface area contributed by atoms with Gasteiger partial charge in [-0.1, -0.05) is 29.3 Å². The molecule has 3 rings (SSSR count). The van der Waals surface area contributed by atoms with Crippen molar-refractivity contribution in [3.05, 3.63) is 51.5 Å². The molecule has 1 aliphatic rings. The minimum absolute atomic E-state index is 0.123. The number of rotatable bonds is 6. The Hall–Kier alpha value is -2.19. The van der Waals surface area contributed by atoms with E-state index in [4.69, 9.17) is 42.1 Å². The molecular formula is C22H25Cl2NO6. The van der Waals surface area contributed by atoms with Crippen molar-refractivity contribution in [3.63, 3.8) is 0 Å². The van der Waals surface area contributed by atoms with Crippen LogP contribution in [0.4, 0.5) is 0 Å². The van der Waals surface area contributed by atoms with Gasteiger partial charge in [-0.2, -0.15) is 0 Å². The van der Waals surface area contributed by atoms with Gasteiger partial charge in [-0.05, 0) is 36.8 Å². The van der Waals surface area contributed by atoms with E-state index in [1.54, 1.807) is 42.2 Å². The topological polar surface area (TPSA) is 77.5 Å². The van der Waals surface area contributed by atoms with Gasteiger partial charge in [0.15, 0.2) is 11.5 Å². The van der Waals surface area contributed by atoms with Crippen LogP contribution in [0.15, 0.2) is 30.3 Å². The second-order valence-corrected chi connectivity index (χ2v) is 8.00. The fourth-order valence-corrected chi connectivity index (χ4v) is 4.03. The van der Waals surface area contributed by atoms with Crippen LogP contribution < -0.4 is 14.2 Å². The van der Waals surface area contributed by atoms with Gasteiger partial charge in [0.25, 0.3) is 5.91 Å². The Balaban J connectivity index is 1.98. The second-order valence-electron chi connectivity index (χ2n) is 7.18. The van der Waals surface area contributed by atoms with Gasteiger partial charge in [0.1, 0.15) is 5.60 Å². The Morgan fingerprint density at radius 3 is 2.26 bits per heavy atom. The third-order valence-corrected chi connectivity index (χ3v) is 6.17. The number of aliphatic hydroxyl groups is 1. The Kier molecular flexibility index (Phi) is 7.21. The van der Waals surface area contributed by atoms with Crippen LogP contribution in [-0.4, -0.2) is 63.0 Å². The van der Waals surface area contributed by atoms with Crippen molar-refractivity contribution >= 4 is 29.1 Å². The van der Waals surface area contributed by atoms with Crippen LogP contribution in [-0.2, 0) is 10.3 Å². The van der Waals surface area contributed by atoms with Gasteiger partial charge in [-0.15, -0.1) is 0 Å². The van der Waals surface area contributed by atoms with Crippen molar-refractivity contribution in [2.75, 3.05) is 41.0 Å². The first-order chi connectivity index (χ1) is 14.8. The van der Waals surface area contributed by atoms with Gasteiger partial charge < -0.3 is 29.0 Å². The molecule has 168 valence electrons. The first-order valence-electron chi connectivity index (χ1n) is 9.64. The van der Waals surface area contributed by atoms with Crippen molar-refractivity contribution in [2.24, 2.45) is 0 Å². The summed E-state index contributed by atoms with van der Waals surface area (Å²) in [6.07, 6.45) is -0.916. The van der Waals surface area contributed by atoms with E-state index in [2.05, 4.69) is 0 Å². The first-order valence-corrected chi connectivity index (χ1v) is 10.4. The van der Waals surface area contributed by atoms with Crippen molar-refractivity contribution in [1.29, 1.82) is 0 Å². The Morgan fingerprint density at radius 2 is 1.74 bits per heavy atom. The SMILES string of the molecule is COc1cc(C(=O)N2CCO[C@@](c3ccc(Cl)c(Cl)c3)(C(C)O)C2)cc(OC)c1OC. The molecule has 7 nitrogen and oxygen atoms in total. The Morgan fingerprint density at radius 1 is 1.10 bits per heavy atom. The number of morpholine rings is 1. The van der Waals surface area contributed by atoms with E-state index in [0.717, 1.165) is 0 Å². The van der Waals surface area contributed by atoms with E-state index in [1.165, 1.54) is 21.3 Å². The molecule has 0 radical (unpaired) electrons. The molecule has 2 aromatic carbocycles. The number of hydrogen-bond acceptors (Lipinski definition) is 6. The second kappa shape index (κ2) is 9.53. The number of hydrogen-bond donors (Lipinski definition) is 1. The quantitative estimate of drug-likeness (QED) is 0.693. The lowest BCUT2D eigenvalue weighted by molar-refractivity contribution is -0.161.